The van der Waals surface area contributed by atoms with Crippen molar-refractivity contribution in [3.05, 3.63) is 47.0 Å². The lowest BCUT2D eigenvalue weighted by atomic mass is 9.66. The van der Waals surface area contributed by atoms with Crippen LogP contribution in [0.25, 0.3) is 0 Å². The van der Waals surface area contributed by atoms with Crippen molar-refractivity contribution in [2.24, 2.45) is 5.41 Å². The fraction of sp³-hybridized carbons (Fsp3) is 0.758. The highest BCUT2D eigenvalue weighted by atomic mass is 14.4. The zero-order valence-corrected chi connectivity index (χ0v) is 22.3. The highest BCUT2D eigenvalue weighted by Crippen LogP contribution is 2.46. The molecule has 0 aliphatic heterocycles. The third-order valence-electron chi connectivity index (χ3n) is 8.91. The minimum Gasteiger partial charge on any atom is -0.0853 e. The monoisotopic (exact) mass is 450 g/mol. The van der Waals surface area contributed by atoms with Crippen LogP contribution in [0.5, 0.6) is 0 Å². The summed E-state index contributed by atoms with van der Waals surface area (Å²) in [4.78, 5) is 0. The van der Waals surface area contributed by atoms with Gasteiger partial charge in [-0.3, -0.25) is 0 Å². The van der Waals surface area contributed by atoms with Gasteiger partial charge in [-0.05, 0) is 99.5 Å². The standard InChI is InChI=1S/C33H54/c1-3-5-7-10-16-29-19-21-31(22-20-29)32(28-30-17-11-8-12-18-30)23-27-33(24-13-6-4-2)25-14-9-15-26-33/h17,19-22,32H,3-16,18,23-28H2,1-2H3. The predicted molar refractivity (Wildman–Crippen MR) is 147 cm³/mol. The van der Waals surface area contributed by atoms with Crippen LogP contribution in [0, 0.1) is 5.41 Å². The first-order chi connectivity index (χ1) is 16.2. The lowest BCUT2D eigenvalue weighted by Crippen LogP contribution is -2.25. The zero-order valence-electron chi connectivity index (χ0n) is 22.3. The molecule has 0 amide bonds. The molecule has 0 nitrogen and oxygen atoms in total. The third-order valence-corrected chi connectivity index (χ3v) is 8.91. The molecule has 0 heteroatoms. The van der Waals surface area contributed by atoms with Crippen LogP contribution in [0.3, 0.4) is 0 Å². The van der Waals surface area contributed by atoms with Crippen molar-refractivity contribution in [3.8, 4) is 0 Å². The lowest BCUT2D eigenvalue weighted by Gasteiger charge is -2.39. The Morgan fingerprint density at radius 1 is 0.758 bits per heavy atom. The molecule has 2 aliphatic rings. The number of hydrogen-bond donors (Lipinski definition) is 0. The second kappa shape index (κ2) is 15.1. The predicted octanol–water partition coefficient (Wildman–Crippen LogP) is 11.1. The van der Waals surface area contributed by atoms with Crippen LogP contribution in [-0.4, -0.2) is 0 Å². The number of aryl methyl sites for hydroxylation is 1. The summed E-state index contributed by atoms with van der Waals surface area (Å²) in [5, 5.41) is 0. The largest absolute Gasteiger partial charge is 0.0853 e. The highest BCUT2D eigenvalue weighted by Gasteiger charge is 2.32. The van der Waals surface area contributed by atoms with Crippen molar-refractivity contribution in [2.45, 2.75) is 155 Å². The summed E-state index contributed by atoms with van der Waals surface area (Å²) < 4.78 is 0. The van der Waals surface area contributed by atoms with Gasteiger partial charge in [0.15, 0.2) is 0 Å². The summed E-state index contributed by atoms with van der Waals surface area (Å²) in [5.74, 6) is 0.730. The van der Waals surface area contributed by atoms with E-state index in [9.17, 15) is 0 Å². The molecular formula is C33H54. The minimum absolute atomic E-state index is 0.659. The van der Waals surface area contributed by atoms with Gasteiger partial charge in [0.05, 0.1) is 0 Å². The average molecular weight is 451 g/mol. The van der Waals surface area contributed by atoms with Crippen molar-refractivity contribution in [2.75, 3.05) is 0 Å². The quantitative estimate of drug-likeness (QED) is 0.184. The summed E-state index contributed by atoms with van der Waals surface area (Å²) in [5.41, 5.74) is 5.59. The number of allylic oxidation sites excluding steroid dienone is 2. The summed E-state index contributed by atoms with van der Waals surface area (Å²) in [6, 6.07) is 9.93. The molecule has 186 valence electrons. The fourth-order valence-electron chi connectivity index (χ4n) is 6.66. The molecular weight excluding hydrogens is 396 g/mol. The second-order valence-electron chi connectivity index (χ2n) is 11.6. The van der Waals surface area contributed by atoms with Crippen LogP contribution in [0.4, 0.5) is 0 Å². The molecule has 0 spiro atoms. The molecule has 0 N–H and O–H groups in total. The van der Waals surface area contributed by atoms with E-state index < -0.39 is 0 Å². The van der Waals surface area contributed by atoms with Crippen molar-refractivity contribution in [1.29, 1.82) is 0 Å². The molecule has 1 fully saturated rings. The van der Waals surface area contributed by atoms with Gasteiger partial charge in [-0.15, -0.1) is 0 Å². The summed E-state index contributed by atoms with van der Waals surface area (Å²) in [6.07, 6.45) is 32.2. The Balaban J connectivity index is 1.66. The first-order valence-corrected chi connectivity index (χ1v) is 15.0. The molecule has 1 aromatic carbocycles. The van der Waals surface area contributed by atoms with Gasteiger partial charge in [-0.2, -0.15) is 0 Å². The molecule has 2 aliphatic carbocycles. The lowest BCUT2D eigenvalue weighted by molar-refractivity contribution is 0.144. The molecule has 0 bridgehead atoms. The van der Waals surface area contributed by atoms with Crippen LogP contribution >= 0.6 is 0 Å². The van der Waals surface area contributed by atoms with Gasteiger partial charge >= 0.3 is 0 Å². The van der Waals surface area contributed by atoms with Gasteiger partial charge in [0.25, 0.3) is 0 Å². The number of benzene rings is 1. The maximum Gasteiger partial charge on any atom is -0.0125 e. The molecule has 0 saturated heterocycles. The van der Waals surface area contributed by atoms with Gasteiger partial charge in [0, 0.05) is 0 Å². The summed E-state index contributed by atoms with van der Waals surface area (Å²) >= 11 is 0. The van der Waals surface area contributed by atoms with E-state index in [0.717, 1.165) is 5.92 Å². The maximum absolute atomic E-state index is 2.59. The van der Waals surface area contributed by atoms with Gasteiger partial charge < -0.3 is 0 Å². The summed E-state index contributed by atoms with van der Waals surface area (Å²) in [6.45, 7) is 4.66. The van der Waals surface area contributed by atoms with Crippen molar-refractivity contribution >= 4 is 0 Å². The Bertz CT molecular complexity index is 658. The van der Waals surface area contributed by atoms with E-state index in [1.165, 1.54) is 135 Å². The third kappa shape index (κ3) is 9.26. The van der Waals surface area contributed by atoms with Crippen LogP contribution in [0.2, 0.25) is 0 Å². The van der Waals surface area contributed by atoms with Gasteiger partial charge in [0.2, 0.25) is 0 Å². The SMILES string of the molecule is CCCCCCc1ccc(C(CCC2(CCCCC)CCCCC2)CC2=CCCCC2)cc1. The Kier molecular flexibility index (Phi) is 12.1. The number of unbranched alkanes of at least 4 members (excludes halogenated alkanes) is 5. The van der Waals surface area contributed by atoms with Crippen molar-refractivity contribution < 1.29 is 0 Å². The van der Waals surface area contributed by atoms with Crippen LogP contribution in [0.15, 0.2) is 35.9 Å². The van der Waals surface area contributed by atoms with Crippen molar-refractivity contribution in [1.82, 2.24) is 0 Å². The molecule has 1 unspecified atom stereocenters. The van der Waals surface area contributed by atoms with Gasteiger partial charge in [-0.1, -0.05) is 108 Å². The highest BCUT2D eigenvalue weighted by molar-refractivity contribution is 5.27. The van der Waals surface area contributed by atoms with E-state index in [4.69, 9.17) is 0 Å². The Labute approximate surface area is 207 Å². The number of hydrogen-bond acceptors (Lipinski definition) is 0. The van der Waals surface area contributed by atoms with Gasteiger partial charge in [0.1, 0.15) is 0 Å². The molecule has 1 saturated carbocycles. The molecule has 1 aromatic rings. The van der Waals surface area contributed by atoms with Gasteiger partial charge in [-0.25, -0.2) is 0 Å². The Morgan fingerprint density at radius 2 is 1.52 bits per heavy atom. The van der Waals surface area contributed by atoms with Crippen LogP contribution in [0.1, 0.15) is 159 Å². The van der Waals surface area contributed by atoms with Crippen molar-refractivity contribution in [3.63, 3.8) is 0 Å². The first kappa shape index (κ1) is 26.6. The molecule has 33 heavy (non-hydrogen) atoms. The van der Waals surface area contributed by atoms with E-state index in [-0.39, 0.29) is 0 Å². The summed E-state index contributed by atoms with van der Waals surface area (Å²) in [7, 11) is 0. The van der Waals surface area contributed by atoms with E-state index in [1.54, 1.807) is 16.7 Å². The number of rotatable bonds is 15. The van der Waals surface area contributed by atoms with E-state index in [0.29, 0.717) is 5.41 Å². The first-order valence-electron chi connectivity index (χ1n) is 15.0. The van der Waals surface area contributed by atoms with Crippen LogP contribution in [-0.2, 0) is 6.42 Å². The van der Waals surface area contributed by atoms with E-state index >= 15 is 0 Å². The Morgan fingerprint density at radius 3 is 2.21 bits per heavy atom. The second-order valence-corrected chi connectivity index (χ2v) is 11.6. The molecule has 1 atom stereocenters. The van der Waals surface area contributed by atoms with E-state index in [2.05, 4.69) is 44.2 Å². The molecule has 0 radical (unpaired) electrons. The topological polar surface area (TPSA) is 0 Å². The fourth-order valence-corrected chi connectivity index (χ4v) is 6.66. The smallest absolute Gasteiger partial charge is 0.0125 e. The maximum atomic E-state index is 2.59. The zero-order chi connectivity index (χ0) is 23.2. The average Bonchev–Trinajstić information content (AvgIpc) is 2.86. The Hall–Kier alpha value is -1.04. The van der Waals surface area contributed by atoms with Crippen LogP contribution < -0.4 is 0 Å². The molecule has 3 rings (SSSR count). The molecule has 0 heterocycles. The molecule has 0 aromatic heterocycles. The normalized spacial score (nSPS) is 19.3. The minimum atomic E-state index is 0.659. The van der Waals surface area contributed by atoms with E-state index in [1.807, 2.05) is 0 Å².